The molecule has 2 N–H and O–H groups in total. The van der Waals surface area contributed by atoms with Gasteiger partial charge in [-0.3, -0.25) is 9.52 Å². The first-order valence-corrected chi connectivity index (χ1v) is 10.9. The van der Waals surface area contributed by atoms with E-state index in [2.05, 4.69) is 10.0 Å². The van der Waals surface area contributed by atoms with Gasteiger partial charge in [0.2, 0.25) is 0 Å². The van der Waals surface area contributed by atoms with Crippen molar-refractivity contribution in [3.63, 3.8) is 0 Å². The van der Waals surface area contributed by atoms with E-state index in [4.69, 9.17) is 0 Å². The maximum Gasteiger partial charge on any atom is 0.261 e. The number of hydrogen-bond acceptors (Lipinski definition) is 3. The molecule has 0 aromatic heterocycles. The summed E-state index contributed by atoms with van der Waals surface area (Å²) in [4.78, 5) is 12.7. The Morgan fingerprint density at radius 1 is 0.931 bits per heavy atom. The molecule has 29 heavy (non-hydrogen) atoms. The minimum absolute atomic E-state index is 0.170. The van der Waals surface area contributed by atoms with Gasteiger partial charge in [-0.05, 0) is 48.7 Å². The van der Waals surface area contributed by atoms with Crippen LogP contribution in [0.25, 0.3) is 0 Å². The number of carbonyl (C=O) groups excluding carboxylic acids is 1. The van der Waals surface area contributed by atoms with E-state index in [9.17, 15) is 13.2 Å². The van der Waals surface area contributed by atoms with Gasteiger partial charge in [0.25, 0.3) is 15.9 Å². The van der Waals surface area contributed by atoms with Gasteiger partial charge in [-0.15, -0.1) is 0 Å². The molecule has 0 heterocycles. The number of carbonyl (C=O) groups is 1. The number of anilines is 1. The van der Waals surface area contributed by atoms with Crippen molar-refractivity contribution in [2.24, 2.45) is 0 Å². The smallest absolute Gasteiger partial charge is 0.261 e. The van der Waals surface area contributed by atoms with Crippen LogP contribution in [0, 0.1) is 6.92 Å². The third-order valence-corrected chi connectivity index (χ3v) is 6.04. The average molecular weight is 409 g/mol. The number of hydrogen-bond donors (Lipinski definition) is 2. The quantitative estimate of drug-likeness (QED) is 0.611. The van der Waals surface area contributed by atoms with Crippen LogP contribution in [0.1, 0.15) is 34.3 Å². The second kappa shape index (κ2) is 8.92. The van der Waals surface area contributed by atoms with Crippen molar-refractivity contribution in [3.8, 4) is 0 Å². The maximum atomic E-state index is 12.6. The molecule has 0 aliphatic carbocycles. The molecular weight excluding hydrogens is 384 g/mol. The lowest BCUT2D eigenvalue weighted by molar-refractivity contribution is 0.0951. The fourth-order valence-corrected chi connectivity index (χ4v) is 3.95. The van der Waals surface area contributed by atoms with Gasteiger partial charge in [0, 0.05) is 17.8 Å². The Labute approximate surface area is 171 Å². The molecule has 1 atom stereocenters. The summed E-state index contributed by atoms with van der Waals surface area (Å²) < 4.78 is 27.6. The van der Waals surface area contributed by atoms with Crippen molar-refractivity contribution < 1.29 is 13.2 Å². The zero-order chi connectivity index (χ0) is 20.9. The topological polar surface area (TPSA) is 75.3 Å². The van der Waals surface area contributed by atoms with Crippen LogP contribution in [0.15, 0.2) is 83.8 Å². The van der Waals surface area contributed by atoms with Crippen LogP contribution in [-0.4, -0.2) is 20.9 Å². The normalized spacial score (nSPS) is 12.2. The molecule has 3 rings (SSSR count). The lowest BCUT2D eigenvalue weighted by Gasteiger charge is -2.14. The standard InChI is InChI=1S/C23H24N2O3S/c1-17-11-13-22(14-12-17)29(27,28)25-21-10-6-9-20(15-21)23(26)24-16-18(2)19-7-4-3-5-8-19/h3-15,18,25H,16H2,1-2H3,(H,24,26)/t18-/m0/s1. The number of benzene rings is 3. The van der Waals surface area contributed by atoms with Gasteiger partial charge < -0.3 is 5.32 Å². The molecule has 0 fully saturated rings. The number of amides is 1. The van der Waals surface area contributed by atoms with E-state index in [-0.39, 0.29) is 16.7 Å². The number of sulfonamides is 1. The Balaban J connectivity index is 1.67. The zero-order valence-electron chi connectivity index (χ0n) is 16.4. The van der Waals surface area contributed by atoms with Crippen LogP contribution in [0.3, 0.4) is 0 Å². The Morgan fingerprint density at radius 2 is 1.62 bits per heavy atom. The van der Waals surface area contributed by atoms with Crippen molar-refractivity contribution in [1.82, 2.24) is 5.32 Å². The van der Waals surface area contributed by atoms with Crippen LogP contribution >= 0.6 is 0 Å². The molecule has 0 spiro atoms. The Morgan fingerprint density at radius 3 is 2.31 bits per heavy atom. The van der Waals surface area contributed by atoms with Gasteiger partial charge in [-0.2, -0.15) is 0 Å². The summed E-state index contributed by atoms with van der Waals surface area (Å²) in [5.74, 6) is -0.0764. The predicted octanol–water partition coefficient (Wildman–Crippen LogP) is 4.33. The summed E-state index contributed by atoms with van der Waals surface area (Å²) in [5, 5.41) is 2.91. The van der Waals surface area contributed by atoms with Crippen LogP contribution < -0.4 is 10.0 Å². The number of nitrogens with one attached hydrogen (secondary N) is 2. The summed E-state index contributed by atoms with van der Waals surface area (Å²) in [6.07, 6.45) is 0. The van der Waals surface area contributed by atoms with Crippen molar-refractivity contribution in [1.29, 1.82) is 0 Å². The highest BCUT2D eigenvalue weighted by Crippen LogP contribution is 2.18. The van der Waals surface area contributed by atoms with Gasteiger partial charge in [0.1, 0.15) is 0 Å². The van der Waals surface area contributed by atoms with E-state index < -0.39 is 10.0 Å². The lowest BCUT2D eigenvalue weighted by atomic mass is 10.0. The molecule has 0 bridgehead atoms. The van der Waals surface area contributed by atoms with E-state index in [1.165, 1.54) is 6.07 Å². The first-order valence-electron chi connectivity index (χ1n) is 9.38. The molecule has 3 aromatic rings. The molecule has 0 unspecified atom stereocenters. The highest BCUT2D eigenvalue weighted by molar-refractivity contribution is 7.92. The Hall–Kier alpha value is -3.12. The van der Waals surface area contributed by atoms with Gasteiger partial charge in [-0.25, -0.2) is 8.42 Å². The maximum absolute atomic E-state index is 12.6. The Bertz CT molecular complexity index is 1080. The lowest BCUT2D eigenvalue weighted by Crippen LogP contribution is -2.27. The zero-order valence-corrected chi connectivity index (χ0v) is 17.2. The minimum Gasteiger partial charge on any atom is -0.351 e. The van der Waals surface area contributed by atoms with E-state index in [1.54, 1.807) is 42.5 Å². The van der Waals surface area contributed by atoms with Gasteiger partial charge in [0.05, 0.1) is 4.90 Å². The summed E-state index contributed by atoms with van der Waals surface area (Å²) in [5.41, 5.74) is 2.86. The Kier molecular flexibility index (Phi) is 6.34. The van der Waals surface area contributed by atoms with Crippen molar-refractivity contribution in [3.05, 3.63) is 95.6 Å². The predicted molar refractivity (Wildman–Crippen MR) is 116 cm³/mol. The molecule has 5 nitrogen and oxygen atoms in total. The highest BCUT2D eigenvalue weighted by atomic mass is 32.2. The monoisotopic (exact) mass is 408 g/mol. The second-order valence-corrected chi connectivity index (χ2v) is 8.70. The van der Waals surface area contributed by atoms with Gasteiger partial charge >= 0.3 is 0 Å². The van der Waals surface area contributed by atoms with Crippen LogP contribution in [0.5, 0.6) is 0 Å². The summed E-state index contributed by atoms with van der Waals surface area (Å²) in [6.45, 7) is 4.43. The van der Waals surface area contributed by atoms with E-state index in [0.717, 1.165) is 11.1 Å². The molecule has 0 aliphatic rings. The number of rotatable bonds is 7. The minimum atomic E-state index is -3.72. The largest absolute Gasteiger partial charge is 0.351 e. The first-order chi connectivity index (χ1) is 13.8. The first kappa shape index (κ1) is 20.6. The summed E-state index contributed by atoms with van der Waals surface area (Å²) in [7, 11) is -3.72. The van der Waals surface area contributed by atoms with Gasteiger partial charge in [-0.1, -0.05) is 61.0 Å². The third kappa shape index (κ3) is 5.45. The second-order valence-electron chi connectivity index (χ2n) is 7.02. The fraction of sp³-hybridized carbons (Fsp3) is 0.174. The van der Waals surface area contributed by atoms with Crippen molar-refractivity contribution in [2.75, 3.05) is 11.3 Å². The molecule has 3 aromatic carbocycles. The molecule has 0 saturated carbocycles. The highest BCUT2D eigenvalue weighted by Gasteiger charge is 2.15. The fourth-order valence-electron chi connectivity index (χ4n) is 2.90. The summed E-state index contributed by atoms with van der Waals surface area (Å²) in [6, 6.07) is 23.0. The van der Waals surface area contributed by atoms with E-state index in [1.807, 2.05) is 44.2 Å². The summed E-state index contributed by atoms with van der Waals surface area (Å²) >= 11 is 0. The molecule has 0 aliphatic heterocycles. The molecule has 0 radical (unpaired) electrons. The van der Waals surface area contributed by atoms with Crippen LogP contribution in [0.2, 0.25) is 0 Å². The van der Waals surface area contributed by atoms with E-state index in [0.29, 0.717) is 17.8 Å². The average Bonchev–Trinajstić information content (AvgIpc) is 2.72. The number of aryl methyl sites for hydroxylation is 1. The van der Waals surface area contributed by atoms with Crippen LogP contribution in [0.4, 0.5) is 5.69 Å². The molecular formula is C23H24N2O3S. The molecule has 6 heteroatoms. The molecule has 1 amide bonds. The molecule has 150 valence electrons. The van der Waals surface area contributed by atoms with Crippen molar-refractivity contribution in [2.45, 2.75) is 24.7 Å². The van der Waals surface area contributed by atoms with Crippen LogP contribution in [-0.2, 0) is 10.0 Å². The van der Waals surface area contributed by atoms with E-state index >= 15 is 0 Å². The van der Waals surface area contributed by atoms with Crippen molar-refractivity contribution >= 4 is 21.6 Å². The molecule has 0 saturated heterocycles. The third-order valence-electron chi connectivity index (χ3n) is 4.65. The SMILES string of the molecule is Cc1ccc(S(=O)(=O)Nc2cccc(C(=O)NC[C@H](C)c3ccccc3)c2)cc1. The van der Waals surface area contributed by atoms with Gasteiger partial charge in [0.15, 0.2) is 0 Å².